The summed E-state index contributed by atoms with van der Waals surface area (Å²) >= 11 is 0. The van der Waals surface area contributed by atoms with Crippen LogP contribution in [0.15, 0.2) is 291 Å². The molecule has 19 rings (SSSR count). The smallest absolute Gasteiger partial charge is 0.0619 e. The Hall–Kier alpha value is -10.1. The van der Waals surface area contributed by atoms with Gasteiger partial charge in [-0.3, -0.25) is 0 Å². The SMILES string of the molecule is c1ccc2c(c1)-c1ccccc1C21c2ccccc2-c2ccc(-c3cc(-c4ccc5c(c4)C4(c6ccccc6-c6ccccc64)c4ccccc4-5)cc(-c4ccc5c(c4)C4(c6ccccc6-c6ccccc64)c4ccccc4-5)c3)cc21. The van der Waals surface area contributed by atoms with E-state index in [9.17, 15) is 0 Å². The molecular formula is C81H48. The van der Waals surface area contributed by atoms with Gasteiger partial charge in [-0.2, -0.15) is 0 Å². The van der Waals surface area contributed by atoms with E-state index >= 15 is 0 Å². The molecular weight excluding hydrogens is 973 g/mol. The van der Waals surface area contributed by atoms with Crippen LogP contribution in [-0.2, 0) is 16.2 Å². The van der Waals surface area contributed by atoms with Gasteiger partial charge in [0, 0.05) is 0 Å². The van der Waals surface area contributed by atoms with Crippen LogP contribution in [0, 0.1) is 0 Å². The largest absolute Gasteiger partial charge is 0.0725 e. The highest BCUT2D eigenvalue weighted by molar-refractivity contribution is 6.00. The molecule has 0 bridgehead atoms. The lowest BCUT2D eigenvalue weighted by Gasteiger charge is -2.31. The van der Waals surface area contributed by atoms with Crippen LogP contribution in [0.1, 0.15) is 66.8 Å². The molecule has 13 aromatic carbocycles. The lowest BCUT2D eigenvalue weighted by atomic mass is 9.70. The summed E-state index contributed by atoms with van der Waals surface area (Å²) in [4.78, 5) is 0. The van der Waals surface area contributed by atoms with Gasteiger partial charge in [0.25, 0.3) is 0 Å². The first-order valence-corrected chi connectivity index (χ1v) is 28.6. The molecule has 0 saturated heterocycles. The minimum Gasteiger partial charge on any atom is -0.0619 e. The van der Waals surface area contributed by atoms with Gasteiger partial charge in [-0.05, 0) is 203 Å². The summed E-state index contributed by atoms with van der Waals surface area (Å²) in [5.41, 5.74) is 37.8. The van der Waals surface area contributed by atoms with Gasteiger partial charge >= 0.3 is 0 Å². The molecule has 0 N–H and O–H groups in total. The second-order valence-electron chi connectivity index (χ2n) is 23.2. The average molecular weight is 1020 g/mol. The third kappa shape index (κ3) is 5.24. The van der Waals surface area contributed by atoms with Crippen LogP contribution in [0.3, 0.4) is 0 Å². The first-order valence-electron chi connectivity index (χ1n) is 28.6. The van der Waals surface area contributed by atoms with Crippen molar-refractivity contribution in [2.24, 2.45) is 0 Å². The van der Waals surface area contributed by atoms with Crippen LogP contribution < -0.4 is 0 Å². The summed E-state index contributed by atoms with van der Waals surface area (Å²) in [7, 11) is 0. The van der Waals surface area contributed by atoms with E-state index in [2.05, 4.69) is 291 Å². The lowest BCUT2D eigenvalue weighted by molar-refractivity contribution is 0.794. The zero-order chi connectivity index (χ0) is 52.8. The minimum atomic E-state index is -0.454. The van der Waals surface area contributed by atoms with E-state index in [1.807, 2.05) is 0 Å². The van der Waals surface area contributed by atoms with E-state index in [1.54, 1.807) is 0 Å². The Morgan fingerprint density at radius 1 is 0.123 bits per heavy atom. The molecule has 6 aliphatic rings. The van der Waals surface area contributed by atoms with Gasteiger partial charge in [0.1, 0.15) is 0 Å². The molecule has 81 heavy (non-hydrogen) atoms. The molecule has 0 heterocycles. The summed E-state index contributed by atoms with van der Waals surface area (Å²) in [6.07, 6.45) is 0. The summed E-state index contributed by atoms with van der Waals surface area (Å²) in [5, 5.41) is 0. The van der Waals surface area contributed by atoms with Crippen LogP contribution in [0.2, 0.25) is 0 Å². The fourth-order valence-corrected chi connectivity index (χ4v) is 17.0. The fraction of sp³-hybridized carbons (Fsp3) is 0.0370. The molecule has 0 nitrogen and oxygen atoms in total. The van der Waals surface area contributed by atoms with Gasteiger partial charge in [-0.1, -0.05) is 255 Å². The molecule has 0 radical (unpaired) electrons. The van der Waals surface area contributed by atoms with Gasteiger partial charge in [-0.15, -0.1) is 0 Å². The van der Waals surface area contributed by atoms with Gasteiger partial charge in [0.2, 0.25) is 0 Å². The molecule has 372 valence electrons. The Kier molecular flexibility index (Phi) is 8.42. The Balaban J connectivity index is 0.869. The maximum absolute atomic E-state index is 2.55. The van der Waals surface area contributed by atoms with Crippen molar-refractivity contribution in [1.82, 2.24) is 0 Å². The Morgan fingerprint density at radius 2 is 0.284 bits per heavy atom. The Bertz CT molecular complexity index is 4260. The molecule has 0 aromatic heterocycles. The standard InChI is InChI=1S/C81H48/c1-10-28-67-55(19-1)56-20-2-11-29-68(56)79(67)73-34-16-7-25-61(73)64-40-37-49(46-76(64)79)52-43-53(50-38-41-65-62-26-8-17-35-74(62)80(77(65)47-50)69-30-12-3-21-57(69)58-22-4-13-31-70(58)80)45-54(44-52)51-39-42-66-63-27-9-18-36-75(63)81(78(66)48-51)71-32-14-5-23-59(71)60-24-6-15-33-72(60)81/h1-48H. The highest BCUT2D eigenvalue weighted by atomic mass is 14.6. The monoisotopic (exact) mass is 1020 g/mol. The molecule has 0 aliphatic heterocycles. The third-order valence-corrected chi connectivity index (χ3v) is 19.9. The van der Waals surface area contributed by atoms with Gasteiger partial charge < -0.3 is 0 Å². The van der Waals surface area contributed by atoms with E-state index in [0.717, 1.165) is 0 Å². The van der Waals surface area contributed by atoms with Crippen molar-refractivity contribution in [1.29, 1.82) is 0 Å². The molecule has 0 amide bonds. The van der Waals surface area contributed by atoms with Crippen LogP contribution in [0.5, 0.6) is 0 Å². The summed E-state index contributed by atoms with van der Waals surface area (Å²) in [6.45, 7) is 0. The predicted octanol–water partition coefficient (Wildman–Crippen LogP) is 19.7. The third-order valence-electron chi connectivity index (χ3n) is 19.9. The first kappa shape index (κ1) is 43.8. The fourth-order valence-electron chi connectivity index (χ4n) is 17.0. The number of fused-ring (bicyclic) bond motifs is 30. The predicted molar refractivity (Wildman–Crippen MR) is 332 cm³/mol. The maximum Gasteiger partial charge on any atom is 0.0725 e. The van der Waals surface area contributed by atoms with Crippen molar-refractivity contribution in [2.75, 3.05) is 0 Å². The van der Waals surface area contributed by atoms with Gasteiger partial charge in [0.15, 0.2) is 0 Å². The summed E-state index contributed by atoms with van der Waals surface area (Å²) < 4.78 is 0. The second-order valence-corrected chi connectivity index (χ2v) is 23.2. The molecule has 0 heteroatoms. The van der Waals surface area contributed by atoms with Crippen LogP contribution in [0.25, 0.3) is 100 Å². The summed E-state index contributed by atoms with van der Waals surface area (Å²) in [5.74, 6) is 0. The van der Waals surface area contributed by atoms with E-state index in [1.165, 1.54) is 167 Å². The molecule has 6 aliphatic carbocycles. The Morgan fingerprint density at radius 3 is 0.469 bits per heavy atom. The van der Waals surface area contributed by atoms with E-state index in [4.69, 9.17) is 0 Å². The van der Waals surface area contributed by atoms with Crippen LogP contribution in [-0.4, -0.2) is 0 Å². The van der Waals surface area contributed by atoms with Crippen molar-refractivity contribution in [3.8, 4) is 100 Å². The summed E-state index contributed by atoms with van der Waals surface area (Å²) in [6, 6.07) is 112. The second kappa shape index (κ2) is 15.6. The number of hydrogen-bond acceptors (Lipinski definition) is 0. The first-order chi connectivity index (χ1) is 40.2. The highest BCUT2D eigenvalue weighted by Gasteiger charge is 2.54. The van der Waals surface area contributed by atoms with E-state index in [0.29, 0.717) is 0 Å². The van der Waals surface area contributed by atoms with Crippen molar-refractivity contribution < 1.29 is 0 Å². The molecule has 0 fully saturated rings. The molecule has 0 atom stereocenters. The van der Waals surface area contributed by atoms with Crippen molar-refractivity contribution in [2.45, 2.75) is 16.2 Å². The van der Waals surface area contributed by atoms with Crippen LogP contribution in [0.4, 0.5) is 0 Å². The zero-order valence-corrected chi connectivity index (χ0v) is 44.2. The molecule has 3 spiro atoms. The number of hydrogen-bond donors (Lipinski definition) is 0. The number of benzene rings is 13. The van der Waals surface area contributed by atoms with Gasteiger partial charge in [-0.25, -0.2) is 0 Å². The van der Waals surface area contributed by atoms with E-state index < -0.39 is 16.2 Å². The average Bonchev–Trinajstić information content (AvgIpc) is 1.87. The molecule has 0 saturated carbocycles. The number of rotatable bonds is 3. The zero-order valence-electron chi connectivity index (χ0n) is 44.2. The van der Waals surface area contributed by atoms with Crippen molar-refractivity contribution in [3.05, 3.63) is 358 Å². The topological polar surface area (TPSA) is 0 Å². The van der Waals surface area contributed by atoms with Gasteiger partial charge in [0.05, 0.1) is 16.2 Å². The highest BCUT2D eigenvalue weighted by Crippen LogP contribution is 2.66. The normalized spacial score (nSPS) is 15.0. The minimum absolute atomic E-state index is 0.454. The molecule has 13 aromatic rings. The Labute approximate surface area is 471 Å². The quantitative estimate of drug-likeness (QED) is 0.165. The lowest BCUT2D eigenvalue weighted by Crippen LogP contribution is -2.25. The molecule has 0 unspecified atom stereocenters. The van der Waals surface area contributed by atoms with Crippen molar-refractivity contribution >= 4 is 0 Å². The maximum atomic E-state index is 2.55. The van der Waals surface area contributed by atoms with Crippen molar-refractivity contribution in [3.63, 3.8) is 0 Å². The van der Waals surface area contributed by atoms with E-state index in [-0.39, 0.29) is 0 Å². The van der Waals surface area contributed by atoms with Crippen LogP contribution >= 0.6 is 0 Å².